The molecule has 23 heavy (non-hydrogen) atoms. The Morgan fingerprint density at radius 2 is 1.83 bits per heavy atom. The van der Waals surface area contributed by atoms with E-state index >= 15 is 0 Å². The van der Waals surface area contributed by atoms with Crippen molar-refractivity contribution in [1.82, 2.24) is 0 Å². The van der Waals surface area contributed by atoms with E-state index in [-0.39, 0.29) is 6.16 Å². The first-order valence-electron chi connectivity index (χ1n) is 7.94. The molecule has 0 spiro atoms. The van der Waals surface area contributed by atoms with Crippen molar-refractivity contribution in [2.24, 2.45) is 5.41 Å². The zero-order valence-corrected chi connectivity index (χ0v) is 14.6. The van der Waals surface area contributed by atoms with Gasteiger partial charge in [0.25, 0.3) is 0 Å². The van der Waals surface area contributed by atoms with Gasteiger partial charge in [0.15, 0.2) is 0 Å². The van der Waals surface area contributed by atoms with Crippen LogP contribution in [0.15, 0.2) is 30.3 Å². The summed E-state index contributed by atoms with van der Waals surface area (Å²) in [4.78, 5) is 21.8. The molecule has 2 N–H and O–H groups in total. The monoisotopic (exact) mass is 340 g/mol. The van der Waals surface area contributed by atoms with Gasteiger partial charge in [-0.3, -0.25) is 9.36 Å². The summed E-state index contributed by atoms with van der Waals surface area (Å²) in [5, 5.41) is 9.47. The van der Waals surface area contributed by atoms with Gasteiger partial charge in [0, 0.05) is 6.42 Å². The van der Waals surface area contributed by atoms with Crippen molar-refractivity contribution in [3.8, 4) is 0 Å². The number of hydrogen-bond acceptors (Lipinski definition) is 3. The van der Waals surface area contributed by atoms with Crippen LogP contribution < -0.4 is 0 Å². The van der Waals surface area contributed by atoms with Crippen molar-refractivity contribution < 1.29 is 23.9 Å². The average molecular weight is 340 g/mol. The zero-order chi connectivity index (χ0) is 17.1. The van der Waals surface area contributed by atoms with E-state index in [0.29, 0.717) is 19.3 Å². The third-order valence-corrected chi connectivity index (χ3v) is 6.16. The molecule has 0 heterocycles. The third-order valence-electron chi connectivity index (χ3n) is 4.38. The Balaban J connectivity index is 2.07. The molecule has 1 aliphatic rings. The van der Waals surface area contributed by atoms with E-state index in [4.69, 9.17) is 4.52 Å². The molecule has 1 fully saturated rings. The van der Waals surface area contributed by atoms with Crippen molar-refractivity contribution in [1.29, 1.82) is 0 Å². The zero-order valence-electron chi connectivity index (χ0n) is 13.7. The second kappa shape index (κ2) is 6.76. The molecule has 1 aromatic carbocycles. The molecule has 0 radical (unpaired) electrons. The van der Waals surface area contributed by atoms with Crippen LogP contribution in [0.2, 0.25) is 0 Å². The molecule has 0 aromatic heterocycles. The fourth-order valence-corrected chi connectivity index (χ4v) is 5.53. The summed E-state index contributed by atoms with van der Waals surface area (Å²) in [5.41, 5.74) is -0.955. The molecule has 5 nitrogen and oxygen atoms in total. The van der Waals surface area contributed by atoms with E-state index in [1.54, 1.807) is 13.8 Å². The molecule has 0 bridgehead atoms. The van der Waals surface area contributed by atoms with Gasteiger partial charge in [-0.1, -0.05) is 43.2 Å². The largest absolute Gasteiger partial charge is 0.481 e. The minimum atomic E-state index is -4.00. The number of hydrogen-bond donors (Lipinski definition) is 2. The van der Waals surface area contributed by atoms with Crippen molar-refractivity contribution in [2.75, 3.05) is 6.16 Å². The van der Waals surface area contributed by atoms with Crippen LogP contribution in [0.25, 0.3) is 0 Å². The van der Waals surface area contributed by atoms with Crippen LogP contribution >= 0.6 is 7.60 Å². The fraction of sp³-hybridized carbons (Fsp3) is 0.588. The van der Waals surface area contributed by atoms with Crippen molar-refractivity contribution in [3.63, 3.8) is 0 Å². The predicted octanol–water partition coefficient (Wildman–Crippen LogP) is 3.85. The summed E-state index contributed by atoms with van der Waals surface area (Å²) >= 11 is 0. The Morgan fingerprint density at radius 3 is 2.35 bits per heavy atom. The smallest absolute Gasteiger partial charge is 0.329 e. The maximum absolute atomic E-state index is 12.6. The van der Waals surface area contributed by atoms with Crippen molar-refractivity contribution >= 4 is 13.6 Å². The van der Waals surface area contributed by atoms with Crippen molar-refractivity contribution in [3.05, 3.63) is 35.9 Å². The molecule has 1 aromatic rings. The van der Waals surface area contributed by atoms with Gasteiger partial charge in [0.05, 0.1) is 17.2 Å². The molecule has 0 saturated heterocycles. The van der Waals surface area contributed by atoms with E-state index in [1.165, 1.54) is 0 Å². The summed E-state index contributed by atoms with van der Waals surface area (Å²) in [6, 6.07) is 9.58. The number of rotatable bonds is 7. The SMILES string of the molecule is CC(C)(Cc1ccccc1)OP(=O)(O)CC1(C(=O)O)CCCC1. The molecule has 2 rings (SSSR count). The highest BCUT2D eigenvalue weighted by atomic mass is 31.2. The minimum Gasteiger partial charge on any atom is -0.481 e. The average Bonchev–Trinajstić information content (AvgIpc) is 2.86. The van der Waals surface area contributed by atoms with E-state index in [9.17, 15) is 19.4 Å². The van der Waals surface area contributed by atoms with E-state index in [2.05, 4.69) is 0 Å². The molecule has 0 aliphatic heterocycles. The Hall–Kier alpha value is -1.16. The first-order chi connectivity index (χ1) is 10.6. The van der Waals surface area contributed by atoms with Crippen LogP contribution in [0.5, 0.6) is 0 Å². The summed E-state index contributed by atoms with van der Waals surface area (Å²) in [6.45, 7) is 3.51. The molecule has 6 heteroatoms. The van der Waals surface area contributed by atoms with Crippen LogP contribution in [0.3, 0.4) is 0 Å². The molecule has 0 amide bonds. The van der Waals surface area contributed by atoms with Crippen LogP contribution in [0, 0.1) is 5.41 Å². The molecule has 128 valence electrons. The van der Waals surface area contributed by atoms with Gasteiger partial charge in [-0.25, -0.2) is 0 Å². The highest BCUT2D eigenvalue weighted by Gasteiger charge is 2.48. The normalized spacial score (nSPS) is 20.1. The van der Waals surface area contributed by atoms with Crippen LogP contribution in [-0.4, -0.2) is 27.7 Å². The molecule has 1 atom stereocenters. The first kappa shape index (κ1) is 18.2. The number of carboxylic acids is 1. The lowest BCUT2D eigenvalue weighted by Gasteiger charge is -2.32. The van der Waals surface area contributed by atoms with Gasteiger partial charge < -0.3 is 14.5 Å². The Bertz CT molecular complexity index is 590. The second-order valence-electron chi connectivity index (χ2n) is 7.10. The summed E-state index contributed by atoms with van der Waals surface area (Å²) in [5.74, 6) is -0.992. The third kappa shape index (κ3) is 4.90. The van der Waals surface area contributed by atoms with E-state index in [0.717, 1.165) is 18.4 Å². The van der Waals surface area contributed by atoms with E-state index < -0.39 is 24.6 Å². The van der Waals surface area contributed by atoms with Crippen LogP contribution in [0.4, 0.5) is 0 Å². The lowest BCUT2D eigenvalue weighted by molar-refractivity contribution is -0.147. The standard InChI is InChI=1S/C17H25O5P/c1-16(2,12-14-8-4-3-5-9-14)22-23(20,21)13-17(15(18)19)10-6-7-11-17/h3-5,8-9H,6-7,10-13H2,1-2H3,(H,18,19)(H,20,21). The van der Waals surface area contributed by atoms with Gasteiger partial charge in [-0.2, -0.15) is 0 Å². The minimum absolute atomic E-state index is 0.312. The Labute approximate surface area is 137 Å². The molecule has 1 unspecified atom stereocenters. The lowest BCUT2D eigenvalue weighted by atomic mass is 9.89. The Morgan fingerprint density at radius 1 is 1.26 bits per heavy atom. The summed E-state index contributed by atoms with van der Waals surface area (Å²) < 4.78 is 18.1. The highest BCUT2D eigenvalue weighted by Crippen LogP contribution is 2.55. The maximum atomic E-state index is 12.6. The topological polar surface area (TPSA) is 83.8 Å². The lowest BCUT2D eigenvalue weighted by Crippen LogP contribution is -2.34. The second-order valence-corrected chi connectivity index (χ2v) is 8.88. The number of carbonyl (C=O) groups is 1. The highest BCUT2D eigenvalue weighted by molar-refractivity contribution is 7.52. The van der Waals surface area contributed by atoms with E-state index in [1.807, 2.05) is 30.3 Å². The van der Waals surface area contributed by atoms with Crippen LogP contribution in [-0.2, 0) is 20.3 Å². The van der Waals surface area contributed by atoms with Crippen molar-refractivity contribution in [2.45, 2.75) is 51.6 Å². The van der Waals surface area contributed by atoms with Gasteiger partial charge in [0.1, 0.15) is 0 Å². The quantitative estimate of drug-likeness (QED) is 0.737. The Kier molecular flexibility index (Phi) is 5.34. The molecular weight excluding hydrogens is 315 g/mol. The molecule has 1 aliphatic carbocycles. The van der Waals surface area contributed by atoms with Gasteiger partial charge in [-0.15, -0.1) is 0 Å². The van der Waals surface area contributed by atoms with Gasteiger partial charge in [-0.05, 0) is 32.3 Å². The summed E-state index contributed by atoms with van der Waals surface area (Å²) in [7, 11) is -4.00. The predicted molar refractivity (Wildman–Crippen MR) is 88.5 cm³/mol. The maximum Gasteiger partial charge on any atom is 0.329 e. The fourth-order valence-electron chi connectivity index (χ4n) is 3.41. The first-order valence-corrected chi connectivity index (χ1v) is 9.70. The van der Waals surface area contributed by atoms with Crippen LogP contribution in [0.1, 0.15) is 45.1 Å². The van der Waals surface area contributed by atoms with Gasteiger partial charge in [0.2, 0.25) is 0 Å². The summed E-state index contributed by atoms with van der Waals surface area (Å²) in [6.07, 6.45) is 2.61. The number of aliphatic carboxylic acids is 1. The number of carboxylic acid groups (broad SMARTS) is 1. The molecular formula is C17H25O5P. The molecule has 1 saturated carbocycles. The van der Waals surface area contributed by atoms with Gasteiger partial charge >= 0.3 is 13.6 Å². The number of benzene rings is 1.